The minimum Gasteiger partial charge on any atom is -0.480 e. The minimum absolute atomic E-state index is 0.154. The number of carbonyl (C=O) groups is 1. The molecule has 0 heterocycles. The van der Waals surface area contributed by atoms with Gasteiger partial charge in [-0.2, -0.15) is 0 Å². The van der Waals surface area contributed by atoms with Crippen molar-refractivity contribution >= 4 is 5.97 Å². The maximum Gasteiger partial charge on any atom is 0.323 e. The first kappa shape index (κ1) is 11.1. The molecule has 0 radical (unpaired) electrons. The number of carboxylic acid groups (broad SMARTS) is 1. The van der Waals surface area contributed by atoms with Gasteiger partial charge in [0.25, 0.3) is 0 Å². The zero-order chi connectivity index (χ0) is 12.0. The molecule has 0 aromatic heterocycles. The van der Waals surface area contributed by atoms with E-state index in [-0.39, 0.29) is 12.8 Å². The van der Waals surface area contributed by atoms with E-state index in [1.54, 1.807) is 18.2 Å². The maximum absolute atomic E-state index is 14.3. The van der Waals surface area contributed by atoms with Crippen molar-refractivity contribution in [2.45, 2.75) is 31.0 Å². The summed E-state index contributed by atoms with van der Waals surface area (Å²) in [6.45, 7) is 1.87. The summed E-state index contributed by atoms with van der Waals surface area (Å²) in [5.41, 5.74) is 4.05. The Labute approximate surface area is 93.1 Å². The van der Waals surface area contributed by atoms with Gasteiger partial charge in [0.05, 0.1) is 0 Å². The van der Waals surface area contributed by atoms with E-state index >= 15 is 0 Å². The zero-order valence-corrected chi connectivity index (χ0v) is 9.03. The summed E-state index contributed by atoms with van der Waals surface area (Å²) in [6, 6.07) is 7.05. The molecule has 16 heavy (non-hydrogen) atoms. The highest BCUT2D eigenvalue weighted by Crippen LogP contribution is 2.50. The molecule has 4 heteroatoms. The summed E-state index contributed by atoms with van der Waals surface area (Å²) in [4.78, 5) is 10.8. The molecule has 1 aliphatic rings. The van der Waals surface area contributed by atoms with Gasteiger partial charge in [-0.15, -0.1) is 0 Å². The van der Waals surface area contributed by atoms with Gasteiger partial charge in [-0.1, -0.05) is 29.8 Å². The second-order valence-electron chi connectivity index (χ2n) is 4.65. The number of halogens is 1. The topological polar surface area (TPSA) is 63.3 Å². The van der Waals surface area contributed by atoms with Gasteiger partial charge in [0.2, 0.25) is 0 Å². The standard InChI is InChI=1S/C12H14FNO2/c1-8-3-2-4-9(5-8)11(13)6-12(14,7-11)10(15)16/h2-5H,6-7,14H2,1H3,(H,15,16). The normalized spacial score (nSPS) is 33.2. The second-order valence-corrected chi connectivity index (χ2v) is 4.65. The van der Waals surface area contributed by atoms with Crippen LogP contribution in [0.5, 0.6) is 0 Å². The molecular weight excluding hydrogens is 209 g/mol. The average Bonchev–Trinajstić information content (AvgIpc) is 2.15. The fraction of sp³-hybridized carbons (Fsp3) is 0.417. The van der Waals surface area contributed by atoms with Crippen LogP contribution < -0.4 is 5.73 Å². The largest absolute Gasteiger partial charge is 0.480 e. The van der Waals surface area contributed by atoms with E-state index in [4.69, 9.17) is 10.8 Å². The van der Waals surface area contributed by atoms with Crippen molar-refractivity contribution in [3.05, 3.63) is 35.4 Å². The number of rotatable bonds is 2. The molecule has 0 saturated heterocycles. The molecule has 1 saturated carbocycles. The number of aliphatic carboxylic acids is 1. The van der Waals surface area contributed by atoms with Gasteiger partial charge in [0, 0.05) is 12.8 Å². The van der Waals surface area contributed by atoms with Crippen LogP contribution in [-0.2, 0) is 10.5 Å². The van der Waals surface area contributed by atoms with Gasteiger partial charge in [-0.25, -0.2) is 4.39 Å². The molecule has 0 unspecified atom stereocenters. The molecule has 3 N–H and O–H groups in total. The van der Waals surface area contributed by atoms with Crippen LogP contribution in [0.15, 0.2) is 24.3 Å². The number of hydrogen-bond donors (Lipinski definition) is 2. The first-order valence-corrected chi connectivity index (χ1v) is 5.14. The van der Waals surface area contributed by atoms with Crippen molar-refractivity contribution in [3.63, 3.8) is 0 Å². The number of benzene rings is 1. The smallest absolute Gasteiger partial charge is 0.323 e. The van der Waals surface area contributed by atoms with Crippen LogP contribution in [0.3, 0.4) is 0 Å². The van der Waals surface area contributed by atoms with Crippen LogP contribution in [0.2, 0.25) is 0 Å². The van der Waals surface area contributed by atoms with Crippen molar-refractivity contribution in [3.8, 4) is 0 Å². The monoisotopic (exact) mass is 223 g/mol. The molecule has 0 aliphatic heterocycles. The number of carboxylic acids is 1. The van der Waals surface area contributed by atoms with Gasteiger partial charge in [-0.05, 0) is 12.5 Å². The average molecular weight is 223 g/mol. The van der Waals surface area contributed by atoms with Gasteiger partial charge in [-0.3, -0.25) is 4.79 Å². The summed E-state index contributed by atoms with van der Waals surface area (Å²) in [5, 5.41) is 8.83. The molecule has 1 aliphatic carbocycles. The fourth-order valence-corrected chi connectivity index (χ4v) is 2.23. The third-order valence-electron chi connectivity index (χ3n) is 3.15. The Morgan fingerprint density at radius 1 is 1.50 bits per heavy atom. The molecule has 0 spiro atoms. The van der Waals surface area contributed by atoms with E-state index in [9.17, 15) is 9.18 Å². The molecule has 0 atom stereocenters. The Kier molecular flexibility index (Phi) is 2.27. The highest BCUT2D eigenvalue weighted by molar-refractivity contribution is 5.80. The van der Waals surface area contributed by atoms with Gasteiger partial charge in [0.1, 0.15) is 11.2 Å². The van der Waals surface area contributed by atoms with E-state index in [2.05, 4.69) is 0 Å². The molecule has 0 bridgehead atoms. The summed E-state index contributed by atoms with van der Waals surface area (Å²) in [6.07, 6.45) is -0.308. The van der Waals surface area contributed by atoms with Crippen LogP contribution in [0.1, 0.15) is 24.0 Å². The second kappa shape index (κ2) is 3.28. The van der Waals surface area contributed by atoms with E-state index in [1.165, 1.54) is 0 Å². The number of hydrogen-bond acceptors (Lipinski definition) is 2. The van der Waals surface area contributed by atoms with Crippen molar-refractivity contribution in [2.24, 2.45) is 5.73 Å². The molecule has 2 rings (SSSR count). The Balaban J connectivity index is 2.22. The first-order valence-electron chi connectivity index (χ1n) is 5.14. The lowest BCUT2D eigenvalue weighted by atomic mass is 9.63. The molecule has 0 amide bonds. The van der Waals surface area contributed by atoms with E-state index in [1.807, 2.05) is 13.0 Å². The zero-order valence-electron chi connectivity index (χ0n) is 9.03. The summed E-state index contributed by atoms with van der Waals surface area (Å²) >= 11 is 0. The van der Waals surface area contributed by atoms with Crippen LogP contribution >= 0.6 is 0 Å². The highest BCUT2D eigenvalue weighted by Gasteiger charge is 2.58. The molecular formula is C12H14FNO2. The van der Waals surface area contributed by atoms with Gasteiger partial charge >= 0.3 is 5.97 Å². The molecule has 1 fully saturated rings. The predicted octanol–water partition coefficient (Wildman–Crippen LogP) is 1.74. The van der Waals surface area contributed by atoms with Crippen molar-refractivity contribution < 1.29 is 14.3 Å². The van der Waals surface area contributed by atoms with Gasteiger partial charge in [0.15, 0.2) is 0 Å². The third-order valence-corrected chi connectivity index (χ3v) is 3.15. The molecule has 1 aromatic carbocycles. The van der Waals surface area contributed by atoms with E-state index < -0.39 is 17.2 Å². The van der Waals surface area contributed by atoms with Crippen LogP contribution in [0.25, 0.3) is 0 Å². The van der Waals surface area contributed by atoms with Gasteiger partial charge < -0.3 is 10.8 Å². The molecule has 3 nitrogen and oxygen atoms in total. The minimum atomic E-state index is -1.58. The lowest BCUT2D eigenvalue weighted by Gasteiger charge is -2.46. The summed E-state index contributed by atoms with van der Waals surface area (Å²) in [5.74, 6) is -1.13. The van der Waals surface area contributed by atoms with Crippen molar-refractivity contribution in [2.75, 3.05) is 0 Å². The maximum atomic E-state index is 14.3. The Morgan fingerprint density at radius 3 is 2.62 bits per heavy atom. The molecule has 86 valence electrons. The quantitative estimate of drug-likeness (QED) is 0.802. The van der Waals surface area contributed by atoms with Crippen molar-refractivity contribution in [1.82, 2.24) is 0 Å². The fourth-order valence-electron chi connectivity index (χ4n) is 2.23. The summed E-state index contributed by atoms with van der Waals surface area (Å²) in [7, 11) is 0. The number of nitrogens with two attached hydrogens (primary N) is 1. The van der Waals surface area contributed by atoms with E-state index in [0.29, 0.717) is 5.56 Å². The Bertz CT molecular complexity index is 438. The van der Waals surface area contributed by atoms with Crippen LogP contribution in [0.4, 0.5) is 4.39 Å². The first-order chi connectivity index (χ1) is 7.36. The third kappa shape index (κ3) is 1.59. The lowest BCUT2D eigenvalue weighted by molar-refractivity contribution is -0.155. The van der Waals surface area contributed by atoms with Crippen LogP contribution in [-0.4, -0.2) is 16.6 Å². The predicted molar refractivity (Wildman–Crippen MR) is 57.8 cm³/mol. The number of alkyl halides is 1. The van der Waals surface area contributed by atoms with Crippen molar-refractivity contribution in [1.29, 1.82) is 0 Å². The van der Waals surface area contributed by atoms with Crippen LogP contribution in [0, 0.1) is 6.92 Å². The SMILES string of the molecule is Cc1cccc(C2(F)CC(N)(C(=O)O)C2)c1. The highest BCUT2D eigenvalue weighted by atomic mass is 19.1. The van der Waals surface area contributed by atoms with E-state index in [0.717, 1.165) is 5.56 Å². The Morgan fingerprint density at radius 2 is 2.12 bits per heavy atom. The number of aryl methyl sites for hydroxylation is 1. The Hall–Kier alpha value is -1.42. The lowest BCUT2D eigenvalue weighted by Crippen LogP contribution is -2.63. The summed E-state index contributed by atoms with van der Waals surface area (Å²) < 4.78 is 14.3. The molecule has 1 aromatic rings.